The Kier molecular flexibility index (Phi) is 2.76. The molecule has 1 aromatic carbocycles. The van der Waals surface area contributed by atoms with Crippen molar-refractivity contribution >= 4 is 10.8 Å². The van der Waals surface area contributed by atoms with Crippen molar-refractivity contribution in [1.82, 2.24) is 0 Å². The van der Waals surface area contributed by atoms with Gasteiger partial charge in [0, 0.05) is 4.75 Å². The Morgan fingerprint density at radius 3 is 2.23 bits per heavy atom. The van der Waals surface area contributed by atoms with Crippen LogP contribution in [0, 0.1) is 0 Å². The third-order valence-corrected chi connectivity index (χ3v) is 3.48. The molecule has 3 heteroatoms. The second-order valence-electron chi connectivity index (χ2n) is 3.85. The molecule has 0 fully saturated rings. The highest BCUT2D eigenvalue weighted by Crippen LogP contribution is 2.26. The van der Waals surface area contributed by atoms with Gasteiger partial charge in [0.05, 0.1) is 15.7 Å². The standard InChI is InChI=1S/C10H14O2S/c1-10(2,3)13(12)9-7-5-4-6-8(9)11/h4-7,11H,1-3H3/t13-/m0/s1. The number of phenolic OH excluding ortho intramolecular Hbond substituents is 1. The molecular formula is C10H14O2S. The lowest BCUT2D eigenvalue weighted by atomic mass is 10.3. The van der Waals surface area contributed by atoms with Crippen LogP contribution >= 0.6 is 0 Å². The van der Waals surface area contributed by atoms with Gasteiger partial charge in [-0.25, -0.2) is 0 Å². The number of phenols is 1. The molecule has 1 aromatic rings. The van der Waals surface area contributed by atoms with Crippen LogP contribution in [0.25, 0.3) is 0 Å². The Labute approximate surface area is 81.1 Å². The molecular weight excluding hydrogens is 184 g/mol. The van der Waals surface area contributed by atoms with Gasteiger partial charge in [-0.2, -0.15) is 0 Å². The fraction of sp³-hybridized carbons (Fsp3) is 0.400. The van der Waals surface area contributed by atoms with Crippen molar-refractivity contribution in [2.24, 2.45) is 0 Å². The number of benzene rings is 1. The zero-order chi connectivity index (χ0) is 10.1. The Bertz CT molecular complexity index is 326. The minimum Gasteiger partial charge on any atom is -0.507 e. The van der Waals surface area contributed by atoms with E-state index in [-0.39, 0.29) is 10.5 Å². The molecule has 0 radical (unpaired) electrons. The normalized spacial score (nSPS) is 14.1. The molecule has 0 aromatic heterocycles. The second kappa shape index (κ2) is 3.50. The third-order valence-electron chi connectivity index (χ3n) is 1.62. The minimum absolute atomic E-state index is 0.107. The van der Waals surface area contributed by atoms with Crippen molar-refractivity contribution in [3.63, 3.8) is 0 Å². The lowest BCUT2D eigenvalue weighted by Crippen LogP contribution is -2.21. The van der Waals surface area contributed by atoms with E-state index >= 15 is 0 Å². The monoisotopic (exact) mass is 198 g/mol. The quantitative estimate of drug-likeness (QED) is 0.751. The first-order chi connectivity index (χ1) is 5.93. The number of hydrogen-bond acceptors (Lipinski definition) is 2. The van der Waals surface area contributed by atoms with Gasteiger partial charge in [0.1, 0.15) is 5.75 Å². The first-order valence-corrected chi connectivity index (χ1v) is 5.28. The van der Waals surface area contributed by atoms with Crippen molar-refractivity contribution in [1.29, 1.82) is 0 Å². The number of rotatable bonds is 1. The fourth-order valence-electron chi connectivity index (χ4n) is 0.944. The Hall–Kier alpha value is -0.830. The van der Waals surface area contributed by atoms with E-state index in [9.17, 15) is 9.32 Å². The van der Waals surface area contributed by atoms with Gasteiger partial charge in [-0.15, -0.1) is 0 Å². The highest BCUT2D eigenvalue weighted by Gasteiger charge is 2.23. The molecule has 0 saturated heterocycles. The minimum atomic E-state index is -1.16. The Morgan fingerprint density at radius 1 is 1.23 bits per heavy atom. The van der Waals surface area contributed by atoms with E-state index in [0.717, 1.165) is 0 Å². The van der Waals surface area contributed by atoms with E-state index in [1.54, 1.807) is 24.3 Å². The van der Waals surface area contributed by atoms with E-state index in [1.807, 2.05) is 20.8 Å². The predicted molar refractivity (Wildman–Crippen MR) is 54.3 cm³/mol. The molecule has 0 spiro atoms. The lowest BCUT2D eigenvalue weighted by Gasteiger charge is -2.18. The predicted octanol–water partition coefficient (Wildman–Crippen LogP) is 2.30. The molecule has 0 aliphatic rings. The molecule has 13 heavy (non-hydrogen) atoms. The average molecular weight is 198 g/mol. The van der Waals surface area contributed by atoms with Gasteiger partial charge in [-0.1, -0.05) is 12.1 Å². The Balaban J connectivity index is 3.10. The van der Waals surface area contributed by atoms with Gasteiger partial charge in [-0.3, -0.25) is 4.21 Å². The zero-order valence-electron chi connectivity index (χ0n) is 8.07. The second-order valence-corrected chi connectivity index (χ2v) is 6.05. The number of hydrogen-bond donors (Lipinski definition) is 1. The average Bonchev–Trinajstić information content (AvgIpc) is 2.02. The SMILES string of the molecule is CC(C)(C)[S@@](=O)c1ccccc1O. The van der Waals surface area contributed by atoms with Gasteiger partial charge in [0.2, 0.25) is 0 Å². The smallest absolute Gasteiger partial charge is 0.131 e. The molecule has 0 unspecified atom stereocenters. The van der Waals surface area contributed by atoms with E-state index in [2.05, 4.69) is 0 Å². The summed E-state index contributed by atoms with van der Waals surface area (Å²) < 4.78 is 11.5. The van der Waals surface area contributed by atoms with Crippen LogP contribution in [0.3, 0.4) is 0 Å². The maximum Gasteiger partial charge on any atom is 0.131 e. The van der Waals surface area contributed by atoms with Crippen molar-refractivity contribution in [3.05, 3.63) is 24.3 Å². The molecule has 72 valence electrons. The first-order valence-electron chi connectivity index (χ1n) is 4.13. The fourth-order valence-corrected chi connectivity index (χ4v) is 2.06. The number of para-hydroxylation sites is 1. The summed E-state index contributed by atoms with van der Waals surface area (Å²) >= 11 is 0. The van der Waals surface area contributed by atoms with Crippen molar-refractivity contribution in [2.75, 3.05) is 0 Å². The lowest BCUT2D eigenvalue weighted by molar-refractivity contribution is 0.460. The highest BCUT2D eigenvalue weighted by molar-refractivity contribution is 7.86. The summed E-state index contributed by atoms with van der Waals surface area (Å²) in [6.45, 7) is 5.65. The summed E-state index contributed by atoms with van der Waals surface area (Å²) in [5, 5.41) is 9.45. The van der Waals surface area contributed by atoms with Crippen molar-refractivity contribution in [2.45, 2.75) is 30.4 Å². The molecule has 2 nitrogen and oxygen atoms in total. The summed E-state index contributed by atoms with van der Waals surface area (Å²) in [7, 11) is -1.16. The first kappa shape index (κ1) is 10.3. The van der Waals surface area contributed by atoms with Crippen LogP contribution in [-0.4, -0.2) is 14.1 Å². The van der Waals surface area contributed by atoms with E-state index < -0.39 is 10.8 Å². The Morgan fingerprint density at radius 2 is 1.77 bits per heavy atom. The van der Waals surface area contributed by atoms with Gasteiger partial charge < -0.3 is 5.11 Å². The van der Waals surface area contributed by atoms with Crippen LogP contribution in [0.1, 0.15) is 20.8 Å². The highest BCUT2D eigenvalue weighted by atomic mass is 32.2. The van der Waals surface area contributed by atoms with Gasteiger partial charge >= 0.3 is 0 Å². The maximum absolute atomic E-state index is 11.8. The van der Waals surface area contributed by atoms with Crippen LogP contribution in [0.2, 0.25) is 0 Å². The molecule has 0 aliphatic carbocycles. The van der Waals surface area contributed by atoms with Crippen molar-refractivity contribution < 1.29 is 9.32 Å². The van der Waals surface area contributed by atoms with Crippen LogP contribution in [0.4, 0.5) is 0 Å². The maximum atomic E-state index is 11.8. The van der Waals surface area contributed by atoms with E-state index in [0.29, 0.717) is 4.90 Å². The largest absolute Gasteiger partial charge is 0.507 e. The molecule has 0 heterocycles. The summed E-state index contributed by atoms with van der Waals surface area (Å²) in [6.07, 6.45) is 0. The van der Waals surface area contributed by atoms with Gasteiger partial charge in [-0.05, 0) is 32.9 Å². The van der Waals surface area contributed by atoms with Gasteiger partial charge in [0.25, 0.3) is 0 Å². The molecule has 0 bridgehead atoms. The molecule has 1 rings (SSSR count). The molecule has 0 amide bonds. The summed E-state index contributed by atoms with van der Waals surface area (Å²) in [4.78, 5) is 0.509. The van der Waals surface area contributed by atoms with Crippen LogP contribution in [0.5, 0.6) is 5.75 Å². The zero-order valence-corrected chi connectivity index (χ0v) is 8.89. The summed E-state index contributed by atoms with van der Waals surface area (Å²) in [5.74, 6) is 0.107. The van der Waals surface area contributed by atoms with Gasteiger partial charge in [0.15, 0.2) is 0 Å². The van der Waals surface area contributed by atoms with Crippen LogP contribution in [-0.2, 0) is 10.8 Å². The molecule has 1 N–H and O–H groups in total. The summed E-state index contributed by atoms with van der Waals surface area (Å²) in [6, 6.07) is 6.74. The molecule has 0 aliphatic heterocycles. The molecule has 1 atom stereocenters. The topological polar surface area (TPSA) is 37.3 Å². The molecule has 0 saturated carbocycles. The van der Waals surface area contributed by atoms with E-state index in [1.165, 1.54) is 0 Å². The third kappa shape index (κ3) is 2.31. The number of aromatic hydroxyl groups is 1. The van der Waals surface area contributed by atoms with Crippen LogP contribution in [0.15, 0.2) is 29.2 Å². The van der Waals surface area contributed by atoms with Crippen LogP contribution < -0.4 is 0 Å². The summed E-state index contributed by atoms with van der Waals surface area (Å²) in [5.41, 5.74) is 0. The van der Waals surface area contributed by atoms with E-state index in [4.69, 9.17) is 0 Å². The van der Waals surface area contributed by atoms with Crippen molar-refractivity contribution in [3.8, 4) is 5.75 Å².